The number of hydrogen-bond acceptors (Lipinski definition) is 3. The lowest BCUT2D eigenvalue weighted by atomic mass is 10.1. The molecule has 0 saturated heterocycles. The molecular formula is C11H16FN3O. The quantitative estimate of drug-likeness (QED) is 0.832. The first-order chi connectivity index (χ1) is 7.56. The Kier molecular flexibility index (Phi) is 4.22. The van der Waals surface area contributed by atoms with Crippen molar-refractivity contribution in [3.8, 4) is 0 Å². The first-order valence-corrected chi connectivity index (χ1v) is 5.08. The Morgan fingerprint density at radius 1 is 1.69 bits per heavy atom. The van der Waals surface area contributed by atoms with E-state index in [2.05, 4.69) is 10.3 Å². The SMILES string of the molecule is CNC(=O)[C@@H](C)CN(C)c1ccncc1F. The van der Waals surface area contributed by atoms with Crippen LogP contribution >= 0.6 is 0 Å². The molecule has 1 rings (SSSR count). The summed E-state index contributed by atoms with van der Waals surface area (Å²) in [5, 5.41) is 2.56. The zero-order valence-corrected chi connectivity index (χ0v) is 9.70. The molecular weight excluding hydrogens is 209 g/mol. The van der Waals surface area contributed by atoms with Gasteiger partial charge in [-0.15, -0.1) is 0 Å². The molecule has 0 unspecified atom stereocenters. The lowest BCUT2D eigenvalue weighted by Crippen LogP contribution is -2.34. The standard InChI is InChI=1S/C11H16FN3O/c1-8(11(16)13-2)7-15(3)10-4-5-14-6-9(10)12/h4-6,8H,7H2,1-3H3,(H,13,16)/t8-/m0/s1. The minimum Gasteiger partial charge on any atom is -0.371 e. The van der Waals surface area contributed by atoms with Crippen molar-refractivity contribution in [2.75, 3.05) is 25.5 Å². The third kappa shape index (κ3) is 2.92. The van der Waals surface area contributed by atoms with E-state index in [9.17, 15) is 9.18 Å². The van der Waals surface area contributed by atoms with Gasteiger partial charge in [-0.3, -0.25) is 9.78 Å². The van der Waals surface area contributed by atoms with Crippen LogP contribution in [0.5, 0.6) is 0 Å². The fourth-order valence-electron chi connectivity index (χ4n) is 1.52. The van der Waals surface area contributed by atoms with Crippen molar-refractivity contribution in [2.45, 2.75) is 6.92 Å². The van der Waals surface area contributed by atoms with Gasteiger partial charge in [0.2, 0.25) is 5.91 Å². The van der Waals surface area contributed by atoms with Crippen LogP contribution in [0.1, 0.15) is 6.92 Å². The molecule has 0 aliphatic heterocycles. The third-order valence-corrected chi connectivity index (χ3v) is 2.40. The van der Waals surface area contributed by atoms with E-state index in [-0.39, 0.29) is 17.6 Å². The van der Waals surface area contributed by atoms with Crippen LogP contribution in [0.4, 0.5) is 10.1 Å². The Hall–Kier alpha value is -1.65. The highest BCUT2D eigenvalue weighted by atomic mass is 19.1. The number of amides is 1. The lowest BCUT2D eigenvalue weighted by Gasteiger charge is -2.22. The number of halogens is 1. The average molecular weight is 225 g/mol. The van der Waals surface area contributed by atoms with Crippen molar-refractivity contribution in [3.05, 3.63) is 24.3 Å². The van der Waals surface area contributed by atoms with E-state index in [0.29, 0.717) is 12.2 Å². The van der Waals surface area contributed by atoms with Crippen LogP contribution in [0.2, 0.25) is 0 Å². The zero-order valence-electron chi connectivity index (χ0n) is 9.70. The van der Waals surface area contributed by atoms with Gasteiger partial charge in [0.15, 0.2) is 5.82 Å². The molecule has 88 valence electrons. The molecule has 0 saturated carbocycles. The molecule has 0 spiro atoms. The van der Waals surface area contributed by atoms with Crippen LogP contribution in [0.25, 0.3) is 0 Å². The maximum absolute atomic E-state index is 13.4. The summed E-state index contributed by atoms with van der Waals surface area (Å²) in [6.45, 7) is 2.26. The van der Waals surface area contributed by atoms with Gasteiger partial charge in [-0.25, -0.2) is 4.39 Å². The number of carbonyl (C=O) groups excluding carboxylic acids is 1. The fraction of sp³-hybridized carbons (Fsp3) is 0.455. The maximum Gasteiger partial charge on any atom is 0.224 e. The smallest absolute Gasteiger partial charge is 0.224 e. The molecule has 0 fully saturated rings. The molecule has 0 aromatic carbocycles. The van der Waals surface area contributed by atoms with Gasteiger partial charge in [0.25, 0.3) is 0 Å². The molecule has 0 aliphatic carbocycles. The monoisotopic (exact) mass is 225 g/mol. The molecule has 0 aliphatic rings. The first kappa shape index (κ1) is 12.4. The van der Waals surface area contributed by atoms with Gasteiger partial charge in [-0.05, 0) is 6.07 Å². The van der Waals surface area contributed by atoms with Gasteiger partial charge in [0, 0.05) is 26.8 Å². The summed E-state index contributed by atoms with van der Waals surface area (Å²) in [6, 6.07) is 1.59. The maximum atomic E-state index is 13.4. The van der Waals surface area contributed by atoms with Crippen molar-refractivity contribution in [2.24, 2.45) is 5.92 Å². The Morgan fingerprint density at radius 3 is 2.94 bits per heavy atom. The molecule has 1 atom stereocenters. The number of anilines is 1. The number of pyridine rings is 1. The van der Waals surface area contributed by atoms with E-state index < -0.39 is 0 Å². The highest BCUT2D eigenvalue weighted by molar-refractivity contribution is 5.78. The summed E-state index contributed by atoms with van der Waals surface area (Å²) in [5.74, 6) is -0.627. The van der Waals surface area contributed by atoms with E-state index in [4.69, 9.17) is 0 Å². The van der Waals surface area contributed by atoms with E-state index >= 15 is 0 Å². The largest absolute Gasteiger partial charge is 0.371 e. The van der Waals surface area contributed by atoms with E-state index in [1.54, 1.807) is 32.0 Å². The number of rotatable bonds is 4. The second-order valence-corrected chi connectivity index (χ2v) is 3.72. The fourth-order valence-corrected chi connectivity index (χ4v) is 1.52. The molecule has 16 heavy (non-hydrogen) atoms. The molecule has 1 amide bonds. The summed E-state index contributed by atoms with van der Waals surface area (Å²) in [5.41, 5.74) is 0.450. The van der Waals surface area contributed by atoms with Crippen molar-refractivity contribution in [1.82, 2.24) is 10.3 Å². The number of nitrogens with one attached hydrogen (secondary N) is 1. The Bertz CT molecular complexity index is 370. The highest BCUT2D eigenvalue weighted by Gasteiger charge is 2.15. The van der Waals surface area contributed by atoms with Gasteiger partial charge < -0.3 is 10.2 Å². The van der Waals surface area contributed by atoms with E-state index in [0.717, 1.165) is 6.20 Å². The minimum atomic E-state index is -0.380. The van der Waals surface area contributed by atoms with Crippen molar-refractivity contribution < 1.29 is 9.18 Å². The third-order valence-electron chi connectivity index (χ3n) is 2.40. The molecule has 5 heteroatoms. The molecule has 4 nitrogen and oxygen atoms in total. The predicted octanol–water partition coefficient (Wildman–Crippen LogP) is 1.04. The molecule has 1 N–H and O–H groups in total. The Morgan fingerprint density at radius 2 is 2.38 bits per heavy atom. The van der Waals surface area contributed by atoms with E-state index in [1.807, 2.05) is 0 Å². The molecule has 1 aromatic rings. The van der Waals surface area contributed by atoms with Crippen LogP contribution in [0.15, 0.2) is 18.5 Å². The molecule has 1 aromatic heterocycles. The Balaban J connectivity index is 2.69. The van der Waals surface area contributed by atoms with Gasteiger partial charge in [0.1, 0.15) is 0 Å². The molecule has 1 heterocycles. The summed E-state index contributed by atoms with van der Waals surface area (Å²) < 4.78 is 13.4. The van der Waals surface area contributed by atoms with Gasteiger partial charge in [-0.1, -0.05) is 6.92 Å². The second kappa shape index (κ2) is 5.44. The van der Waals surface area contributed by atoms with Crippen molar-refractivity contribution >= 4 is 11.6 Å². The van der Waals surface area contributed by atoms with Crippen LogP contribution < -0.4 is 10.2 Å². The predicted molar refractivity (Wildman–Crippen MR) is 60.7 cm³/mol. The lowest BCUT2D eigenvalue weighted by molar-refractivity contribution is -0.123. The average Bonchev–Trinajstić information content (AvgIpc) is 2.28. The number of hydrogen-bond donors (Lipinski definition) is 1. The molecule has 0 radical (unpaired) electrons. The normalized spacial score (nSPS) is 12.0. The summed E-state index contributed by atoms with van der Waals surface area (Å²) in [6.07, 6.45) is 2.69. The summed E-state index contributed by atoms with van der Waals surface area (Å²) in [7, 11) is 3.34. The number of nitrogens with zero attached hydrogens (tertiary/aromatic N) is 2. The second-order valence-electron chi connectivity index (χ2n) is 3.72. The van der Waals surface area contributed by atoms with Gasteiger partial charge in [-0.2, -0.15) is 0 Å². The zero-order chi connectivity index (χ0) is 12.1. The summed E-state index contributed by atoms with van der Waals surface area (Å²) >= 11 is 0. The topological polar surface area (TPSA) is 45.2 Å². The number of aromatic nitrogens is 1. The van der Waals surface area contributed by atoms with Gasteiger partial charge >= 0.3 is 0 Å². The number of carbonyl (C=O) groups is 1. The Labute approximate surface area is 94.5 Å². The van der Waals surface area contributed by atoms with Crippen LogP contribution in [-0.2, 0) is 4.79 Å². The van der Waals surface area contributed by atoms with Crippen LogP contribution in [0, 0.1) is 11.7 Å². The van der Waals surface area contributed by atoms with Gasteiger partial charge in [0.05, 0.1) is 17.8 Å². The van der Waals surface area contributed by atoms with Crippen LogP contribution in [-0.4, -0.2) is 31.5 Å². The minimum absolute atomic E-state index is 0.0543. The first-order valence-electron chi connectivity index (χ1n) is 5.08. The highest BCUT2D eigenvalue weighted by Crippen LogP contribution is 2.16. The van der Waals surface area contributed by atoms with Crippen molar-refractivity contribution in [1.29, 1.82) is 0 Å². The van der Waals surface area contributed by atoms with E-state index in [1.165, 1.54) is 6.20 Å². The molecule has 0 bridgehead atoms. The van der Waals surface area contributed by atoms with Crippen molar-refractivity contribution in [3.63, 3.8) is 0 Å². The summed E-state index contributed by atoms with van der Waals surface area (Å²) in [4.78, 5) is 16.7. The van der Waals surface area contributed by atoms with Crippen LogP contribution in [0.3, 0.4) is 0 Å².